The zero-order valence-corrected chi connectivity index (χ0v) is 12.2. The molecule has 22 heavy (non-hydrogen) atoms. The number of tetrazole rings is 1. The van der Waals surface area contributed by atoms with Crippen LogP contribution in [0, 0.1) is 6.92 Å². The molecule has 0 fully saturated rings. The molecule has 0 spiro atoms. The first-order valence-corrected chi connectivity index (χ1v) is 7.02. The summed E-state index contributed by atoms with van der Waals surface area (Å²) in [6, 6.07) is 17.0. The molecule has 0 atom stereocenters. The molecular weight excluding hydrogens is 280 g/mol. The first-order chi connectivity index (χ1) is 10.7. The maximum Gasteiger partial charge on any atom is 0.368 e. The second-order valence-electron chi connectivity index (χ2n) is 4.90. The molecule has 0 N–H and O–H groups in total. The number of aromatic nitrogens is 4. The van der Waals surface area contributed by atoms with E-state index in [1.165, 1.54) is 9.36 Å². The summed E-state index contributed by atoms with van der Waals surface area (Å²) in [6.07, 6.45) is 0. The van der Waals surface area contributed by atoms with E-state index in [-0.39, 0.29) is 5.69 Å². The van der Waals surface area contributed by atoms with Crippen molar-refractivity contribution in [1.82, 2.24) is 19.8 Å². The number of aryl methyl sites for hydroxylation is 1. The highest BCUT2D eigenvalue weighted by atomic mass is 16.5. The molecule has 112 valence electrons. The van der Waals surface area contributed by atoms with Gasteiger partial charge >= 0.3 is 5.69 Å². The molecule has 0 aliphatic heterocycles. The minimum atomic E-state index is -0.279. The number of benzene rings is 2. The molecule has 6 nitrogen and oxygen atoms in total. The van der Waals surface area contributed by atoms with Crippen molar-refractivity contribution in [3.63, 3.8) is 0 Å². The molecule has 0 saturated heterocycles. The normalized spacial score (nSPS) is 10.6. The van der Waals surface area contributed by atoms with Crippen LogP contribution < -0.4 is 10.4 Å². The summed E-state index contributed by atoms with van der Waals surface area (Å²) >= 11 is 0. The monoisotopic (exact) mass is 296 g/mol. The van der Waals surface area contributed by atoms with Crippen molar-refractivity contribution >= 4 is 0 Å². The van der Waals surface area contributed by atoms with Crippen LogP contribution in [-0.4, -0.2) is 26.4 Å². The van der Waals surface area contributed by atoms with Crippen LogP contribution in [0.4, 0.5) is 0 Å². The Kier molecular flexibility index (Phi) is 4.00. The molecule has 2 aromatic carbocycles. The first-order valence-electron chi connectivity index (χ1n) is 7.02. The van der Waals surface area contributed by atoms with Crippen LogP contribution in [0.3, 0.4) is 0 Å². The van der Waals surface area contributed by atoms with E-state index >= 15 is 0 Å². The van der Waals surface area contributed by atoms with E-state index in [0.717, 1.165) is 11.3 Å². The fraction of sp³-hybridized carbons (Fsp3) is 0.188. The van der Waals surface area contributed by atoms with Crippen LogP contribution in [-0.2, 0) is 6.54 Å². The van der Waals surface area contributed by atoms with Gasteiger partial charge in [0.1, 0.15) is 12.4 Å². The SMILES string of the molecule is Cc1cccc(OCCn2nnn(-c3ccccc3)c2=O)c1. The van der Waals surface area contributed by atoms with Gasteiger partial charge in [0.05, 0.1) is 12.2 Å². The van der Waals surface area contributed by atoms with Crippen LogP contribution in [0.15, 0.2) is 59.4 Å². The van der Waals surface area contributed by atoms with Gasteiger partial charge in [-0.15, -0.1) is 0 Å². The van der Waals surface area contributed by atoms with Crippen LogP contribution in [0.1, 0.15) is 5.56 Å². The number of hydrogen-bond donors (Lipinski definition) is 0. The lowest BCUT2D eigenvalue weighted by molar-refractivity contribution is 0.287. The van der Waals surface area contributed by atoms with Gasteiger partial charge in [-0.2, -0.15) is 9.36 Å². The quantitative estimate of drug-likeness (QED) is 0.720. The van der Waals surface area contributed by atoms with Crippen LogP contribution in [0.5, 0.6) is 5.75 Å². The summed E-state index contributed by atoms with van der Waals surface area (Å²) in [4.78, 5) is 12.2. The topological polar surface area (TPSA) is 61.9 Å². The van der Waals surface area contributed by atoms with E-state index in [1.807, 2.05) is 61.5 Å². The largest absolute Gasteiger partial charge is 0.492 e. The van der Waals surface area contributed by atoms with E-state index in [0.29, 0.717) is 18.8 Å². The van der Waals surface area contributed by atoms with Gasteiger partial charge in [0.25, 0.3) is 0 Å². The maximum absolute atomic E-state index is 12.2. The molecule has 1 aromatic heterocycles. The van der Waals surface area contributed by atoms with Gasteiger partial charge in [0.15, 0.2) is 0 Å². The van der Waals surface area contributed by atoms with Gasteiger partial charge in [-0.1, -0.05) is 30.3 Å². The van der Waals surface area contributed by atoms with Crippen molar-refractivity contribution in [2.45, 2.75) is 13.5 Å². The van der Waals surface area contributed by atoms with Crippen molar-refractivity contribution in [2.75, 3.05) is 6.61 Å². The molecule has 0 bridgehead atoms. The van der Waals surface area contributed by atoms with Crippen molar-refractivity contribution in [3.05, 3.63) is 70.6 Å². The van der Waals surface area contributed by atoms with Crippen LogP contribution >= 0.6 is 0 Å². The molecule has 3 aromatic rings. The summed E-state index contributed by atoms with van der Waals surface area (Å²) in [7, 11) is 0. The molecule has 0 unspecified atom stereocenters. The molecule has 6 heteroatoms. The van der Waals surface area contributed by atoms with Gasteiger partial charge in [0.2, 0.25) is 0 Å². The number of para-hydroxylation sites is 1. The van der Waals surface area contributed by atoms with E-state index in [1.54, 1.807) is 0 Å². The summed E-state index contributed by atoms with van der Waals surface area (Å²) in [5, 5.41) is 7.77. The highest BCUT2D eigenvalue weighted by molar-refractivity contribution is 5.29. The third-order valence-corrected chi connectivity index (χ3v) is 3.20. The maximum atomic E-state index is 12.2. The molecular formula is C16H16N4O2. The molecule has 3 rings (SSSR count). The lowest BCUT2D eigenvalue weighted by Crippen LogP contribution is -2.26. The van der Waals surface area contributed by atoms with E-state index in [9.17, 15) is 4.79 Å². The number of ether oxygens (including phenoxy) is 1. The van der Waals surface area contributed by atoms with Crippen LogP contribution in [0.25, 0.3) is 5.69 Å². The third kappa shape index (κ3) is 3.06. The van der Waals surface area contributed by atoms with E-state index in [4.69, 9.17) is 4.74 Å². The Morgan fingerprint density at radius 1 is 1.05 bits per heavy atom. The number of nitrogens with zero attached hydrogens (tertiary/aromatic N) is 4. The minimum absolute atomic E-state index is 0.279. The van der Waals surface area contributed by atoms with Crippen molar-refractivity contribution < 1.29 is 4.74 Å². The van der Waals surface area contributed by atoms with Gasteiger partial charge in [-0.25, -0.2) is 4.79 Å². The minimum Gasteiger partial charge on any atom is -0.492 e. The zero-order chi connectivity index (χ0) is 15.4. The highest BCUT2D eigenvalue weighted by Crippen LogP contribution is 2.12. The van der Waals surface area contributed by atoms with Gasteiger partial charge in [-0.05, 0) is 47.2 Å². The molecule has 1 heterocycles. The highest BCUT2D eigenvalue weighted by Gasteiger charge is 2.08. The molecule has 0 saturated carbocycles. The summed E-state index contributed by atoms with van der Waals surface area (Å²) in [5.74, 6) is 0.781. The molecule has 0 amide bonds. The summed E-state index contributed by atoms with van der Waals surface area (Å²) < 4.78 is 8.19. The summed E-state index contributed by atoms with van der Waals surface area (Å²) in [5.41, 5.74) is 1.54. The predicted octanol–water partition coefficient (Wildman–Crippen LogP) is 1.82. The Hall–Kier alpha value is -2.89. The Labute approximate surface area is 127 Å². The third-order valence-electron chi connectivity index (χ3n) is 3.20. The predicted molar refractivity (Wildman–Crippen MR) is 82.3 cm³/mol. The van der Waals surface area contributed by atoms with E-state index in [2.05, 4.69) is 10.4 Å². The van der Waals surface area contributed by atoms with Gasteiger partial charge in [-0.3, -0.25) is 0 Å². The Bertz CT molecular complexity index is 808. The average Bonchev–Trinajstić information content (AvgIpc) is 2.89. The van der Waals surface area contributed by atoms with Crippen molar-refractivity contribution in [3.8, 4) is 11.4 Å². The fourth-order valence-corrected chi connectivity index (χ4v) is 2.10. The second kappa shape index (κ2) is 6.26. The van der Waals surface area contributed by atoms with Gasteiger partial charge < -0.3 is 4.74 Å². The van der Waals surface area contributed by atoms with Crippen molar-refractivity contribution in [2.24, 2.45) is 0 Å². The lowest BCUT2D eigenvalue weighted by atomic mass is 10.2. The van der Waals surface area contributed by atoms with Crippen molar-refractivity contribution in [1.29, 1.82) is 0 Å². The second-order valence-corrected chi connectivity index (χ2v) is 4.90. The number of rotatable bonds is 5. The summed E-state index contributed by atoms with van der Waals surface area (Å²) in [6.45, 7) is 2.71. The first kappa shape index (κ1) is 14.1. The lowest BCUT2D eigenvalue weighted by Gasteiger charge is -2.05. The number of hydrogen-bond acceptors (Lipinski definition) is 4. The Morgan fingerprint density at radius 2 is 1.86 bits per heavy atom. The smallest absolute Gasteiger partial charge is 0.368 e. The average molecular weight is 296 g/mol. The fourth-order valence-electron chi connectivity index (χ4n) is 2.10. The Morgan fingerprint density at radius 3 is 2.64 bits per heavy atom. The van der Waals surface area contributed by atoms with E-state index < -0.39 is 0 Å². The zero-order valence-electron chi connectivity index (χ0n) is 12.2. The van der Waals surface area contributed by atoms with Crippen LogP contribution in [0.2, 0.25) is 0 Å². The van der Waals surface area contributed by atoms with Gasteiger partial charge in [0, 0.05) is 0 Å². The standard InChI is InChI=1S/C16H16N4O2/c1-13-6-5-9-15(12-13)22-11-10-19-16(21)20(18-17-19)14-7-3-2-4-8-14/h2-9,12H,10-11H2,1H3. The Balaban J connectivity index is 1.67. The molecule has 0 aliphatic carbocycles. The molecule has 0 aliphatic rings. The molecule has 0 radical (unpaired) electrons.